The summed E-state index contributed by atoms with van der Waals surface area (Å²) in [7, 11) is 0. The van der Waals surface area contributed by atoms with Crippen molar-refractivity contribution in [1.29, 1.82) is 0 Å². The summed E-state index contributed by atoms with van der Waals surface area (Å²) in [6.07, 6.45) is 1.39. The van der Waals surface area contributed by atoms with Crippen LogP contribution >= 0.6 is 11.8 Å². The highest BCUT2D eigenvalue weighted by Crippen LogP contribution is 2.20. The van der Waals surface area contributed by atoms with E-state index in [0.717, 1.165) is 0 Å². The van der Waals surface area contributed by atoms with E-state index in [1.807, 2.05) is 0 Å². The van der Waals surface area contributed by atoms with E-state index < -0.39 is 11.8 Å². The lowest BCUT2D eigenvalue weighted by molar-refractivity contribution is 0.0692. The van der Waals surface area contributed by atoms with Crippen molar-refractivity contribution in [3.63, 3.8) is 0 Å². The fourth-order valence-corrected chi connectivity index (χ4v) is 1.96. The number of carboxylic acid groups (broad SMARTS) is 1. The van der Waals surface area contributed by atoms with Gasteiger partial charge < -0.3 is 5.11 Å². The second-order valence-corrected chi connectivity index (χ2v) is 4.16. The number of thioether (sulfide) groups is 1. The van der Waals surface area contributed by atoms with Crippen LogP contribution in [0.15, 0.2) is 29.7 Å². The van der Waals surface area contributed by atoms with Crippen LogP contribution in [0.1, 0.15) is 15.9 Å². The monoisotopic (exact) mass is 253 g/mol. The summed E-state index contributed by atoms with van der Waals surface area (Å²) in [5, 5.41) is 15.6. The average Bonchev–Trinajstić information content (AvgIpc) is 2.78. The van der Waals surface area contributed by atoms with Gasteiger partial charge in [-0.2, -0.15) is 5.10 Å². The predicted molar refractivity (Wildman–Crippen MR) is 59.3 cm³/mol. The summed E-state index contributed by atoms with van der Waals surface area (Å²) in [5.41, 5.74) is 0.368. The number of rotatable bonds is 4. The molecule has 0 amide bonds. The van der Waals surface area contributed by atoms with E-state index in [1.54, 1.807) is 6.07 Å². The first-order valence-corrected chi connectivity index (χ1v) is 5.65. The highest BCUT2D eigenvalue weighted by molar-refractivity contribution is 7.98. The molecular formula is C10H8FN3O2S. The van der Waals surface area contributed by atoms with E-state index >= 15 is 0 Å². The Hall–Kier alpha value is -1.89. The molecule has 88 valence electrons. The highest BCUT2D eigenvalue weighted by atomic mass is 32.2. The molecule has 2 N–H and O–H groups in total. The maximum Gasteiger partial charge on any atom is 0.338 e. The fourth-order valence-electron chi connectivity index (χ4n) is 1.24. The summed E-state index contributed by atoms with van der Waals surface area (Å²) in [4.78, 5) is 14.5. The molecule has 1 aromatic heterocycles. The largest absolute Gasteiger partial charge is 0.478 e. The number of carbonyl (C=O) groups is 1. The van der Waals surface area contributed by atoms with E-state index in [0.29, 0.717) is 16.5 Å². The van der Waals surface area contributed by atoms with Crippen LogP contribution in [0.2, 0.25) is 0 Å². The van der Waals surface area contributed by atoms with Crippen molar-refractivity contribution in [2.75, 3.05) is 0 Å². The fraction of sp³-hybridized carbons (Fsp3) is 0.100. The van der Waals surface area contributed by atoms with Gasteiger partial charge in [0.25, 0.3) is 0 Å². The number of aromatic carboxylic acids is 1. The summed E-state index contributed by atoms with van der Waals surface area (Å²) in [5.74, 6) is -1.50. The molecule has 1 heterocycles. The zero-order valence-electron chi connectivity index (χ0n) is 8.55. The summed E-state index contributed by atoms with van der Waals surface area (Å²) in [6.45, 7) is 0. The maximum absolute atomic E-state index is 13.3. The Labute approximate surface area is 100 Å². The van der Waals surface area contributed by atoms with Crippen LogP contribution in [0.3, 0.4) is 0 Å². The zero-order valence-corrected chi connectivity index (χ0v) is 9.37. The Balaban J connectivity index is 2.07. The van der Waals surface area contributed by atoms with Gasteiger partial charge in [-0.1, -0.05) is 17.8 Å². The number of nitrogens with zero attached hydrogens (tertiary/aromatic N) is 2. The standard InChI is InChI=1S/C10H8FN3O2S/c11-8-3-6(1-2-7(8)9(15)16)4-17-10-12-5-13-14-10/h1-3,5H,4H2,(H,15,16)(H,12,13,14). The minimum Gasteiger partial charge on any atom is -0.478 e. The molecule has 0 spiro atoms. The van der Waals surface area contributed by atoms with Crippen molar-refractivity contribution in [3.8, 4) is 0 Å². The molecule has 2 aromatic rings. The van der Waals surface area contributed by atoms with E-state index in [1.165, 1.54) is 30.2 Å². The number of H-pyrrole nitrogens is 1. The van der Waals surface area contributed by atoms with Crippen LogP contribution in [-0.2, 0) is 5.75 Å². The molecule has 17 heavy (non-hydrogen) atoms. The third-order valence-corrected chi connectivity index (χ3v) is 2.98. The Kier molecular flexibility index (Phi) is 3.38. The van der Waals surface area contributed by atoms with E-state index in [2.05, 4.69) is 15.2 Å². The Morgan fingerprint density at radius 3 is 2.94 bits per heavy atom. The zero-order chi connectivity index (χ0) is 12.3. The Morgan fingerprint density at radius 1 is 1.53 bits per heavy atom. The molecule has 0 saturated carbocycles. The molecule has 5 nitrogen and oxygen atoms in total. The number of aromatic amines is 1. The lowest BCUT2D eigenvalue weighted by atomic mass is 10.1. The molecule has 0 saturated heterocycles. The average molecular weight is 253 g/mol. The number of hydrogen-bond donors (Lipinski definition) is 2. The highest BCUT2D eigenvalue weighted by Gasteiger charge is 2.10. The Morgan fingerprint density at radius 2 is 2.35 bits per heavy atom. The van der Waals surface area contributed by atoms with Crippen molar-refractivity contribution in [2.24, 2.45) is 0 Å². The van der Waals surface area contributed by atoms with Crippen LogP contribution in [0.4, 0.5) is 4.39 Å². The van der Waals surface area contributed by atoms with Gasteiger partial charge in [-0.15, -0.1) is 0 Å². The number of carboxylic acids is 1. The molecule has 0 fully saturated rings. The van der Waals surface area contributed by atoms with Crippen molar-refractivity contribution in [1.82, 2.24) is 15.2 Å². The second-order valence-electron chi connectivity index (χ2n) is 3.20. The van der Waals surface area contributed by atoms with Crippen molar-refractivity contribution >= 4 is 17.7 Å². The SMILES string of the molecule is O=C(O)c1ccc(CSc2ncn[nH]2)cc1F. The van der Waals surface area contributed by atoms with Crippen LogP contribution in [0.5, 0.6) is 0 Å². The van der Waals surface area contributed by atoms with Crippen LogP contribution < -0.4 is 0 Å². The van der Waals surface area contributed by atoms with E-state index in [9.17, 15) is 9.18 Å². The molecule has 0 bridgehead atoms. The van der Waals surface area contributed by atoms with Gasteiger partial charge in [0.1, 0.15) is 12.1 Å². The van der Waals surface area contributed by atoms with Crippen LogP contribution in [0, 0.1) is 5.82 Å². The molecule has 0 aliphatic heterocycles. The van der Waals surface area contributed by atoms with Crippen LogP contribution in [0.25, 0.3) is 0 Å². The van der Waals surface area contributed by atoms with E-state index in [-0.39, 0.29) is 5.56 Å². The van der Waals surface area contributed by atoms with Gasteiger partial charge in [-0.3, -0.25) is 5.10 Å². The van der Waals surface area contributed by atoms with Crippen molar-refractivity contribution < 1.29 is 14.3 Å². The summed E-state index contributed by atoms with van der Waals surface area (Å²) >= 11 is 1.36. The number of aromatic nitrogens is 3. The Bertz CT molecular complexity index is 530. The molecule has 0 atom stereocenters. The number of nitrogens with one attached hydrogen (secondary N) is 1. The van der Waals surface area contributed by atoms with Crippen molar-refractivity contribution in [3.05, 3.63) is 41.5 Å². The van der Waals surface area contributed by atoms with E-state index in [4.69, 9.17) is 5.11 Å². The van der Waals surface area contributed by atoms with Gasteiger partial charge in [0.15, 0.2) is 5.16 Å². The molecule has 0 radical (unpaired) electrons. The normalized spacial score (nSPS) is 10.4. The number of benzene rings is 1. The molecular weight excluding hydrogens is 245 g/mol. The van der Waals surface area contributed by atoms with Crippen LogP contribution in [-0.4, -0.2) is 26.3 Å². The van der Waals surface area contributed by atoms with Crippen molar-refractivity contribution in [2.45, 2.75) is 10.9 Å². The van der Waals surface area contributed by atoms with Gasteiger partial charge in [-0.25, -0.2) is 14.2 Å². The first-order valence-electron chi connectivity index (χ1n) is 4.66. The number of hydrogen-bond acceptors (Lipinski definition) is 4. The quantitative estimate of drug-likeness (QED) is 0.814. The minimum absolute atomic E-state index is 0.321. The van der Waals surface area contributed by atoms with Gasteiger partial charge in [-0.05, 0) is 17.7 Å². The molecule has 7 heteroatoms. The lowest BCUT2D eigenvalue weighted by Crippen LogP contribution is -2.00. The summed E-state index contributed by atoms with van der Waals surface area (Å²) in [6, 6.07) is 4.05. The third-order valence-electron chi connectivity index (χ3n) is 2.03. The smallest absolute Gasteiger partial charge is 0.338 e. The first-order chi connectivity index (χ1) is 8.16. The summed E-state index contributed by atoms with van der Waals surface area (Å²) < 4.78 is 13.3. The molecule has 1 aromatic carbocycles. The molecule has 0 aliphatic carbocycles. The van der Waals surface area contributed by atoms with Gasteiger partial charge in [0.05, 0.1) is 5.56 Å². The molecule has 0 unspecified atom stereocenters. The maximum atomic E-state index is 13.3. The second kappa shape index (κ2) is 4.96. The lowest BCUT2D eigenvalue weighted by Gasteiger charge is -2.01. The third kappa shape index (κ3) is 2.82. The molecule has 2 rings (SSSR count). The number of halogens is 1. The van der Waals surface area contributed by atoms with Gasteiger partial charge in [0, 0.05) is 5.75 Å². The topological polar surface area (TPSA) is 78.9 Å². The predicted octanol–water partition coefficient (Wildman–Crippen LogP) is 1.93. The first kappa shape index (κ1) is 11.6. The van der Waals surface area contributed by atoms with Gasteiger partial charge in [0.2, 0.25) is 0 Å². The molecule has 0 aliphatic rings. The minimum atomic E-state index is -1.27. The van der Waals surface area contributed by atoms with Gasteiger partial charge >= 0.3 is 5.97 Å².